The Balaban J connectivity index is 2.99. The Morgan fingerprint density at radius 1 is 1.43 bits per heavy atom. The largest absolute Gasteiger partial charge is 0.494 e. The van der Waals surface area contributed by atoms with Crippen molar-refractivity contribution in [2.24, 2.45) is 0 Å². The van der Waals surface area contributed by atoms with Crippen molar-refractivity contribution in [1.29, 1.82) is 0 Å². The number of ether oxygens (including phenoxy) is 1. The molecule has 0 radical (unpaired) electrons. The Morgan fingerprint density at radius 2 is 2.14 bits per heavy atom. The van der Waals surface area contributed by atoms with Crippen LogP contribution >= 0.6 is 15.9 Å². The lowest BCUT2D eigenvalue weighted by molar-refractivity contribution is 0.0856. The summed E-state index contributed by atoms with van der Waals surface area (Å²) in [5.41, 5.74) is 3.05. The molecule has 0 aliphatic carbocycles. The first-order valence-electron chi connectivity index (χ1n) is 3.97. The van der Waals surface area contributed by atoms with E-state index in [1.54, 1.807) is 12.1 Å². The molecule has 0 aromatic heterocycles. The van der Waals surface area contributed by atoms with Crippen molar-refractivity contribution >= 4 is 15.9 Å². The minimum Gasteiger partial charge on any atom is -0.494 e. The molecule has 1 N–H and O–H groups in total. The first-order chi connectivity index (χ1) is 6.70. The maximum Gasteiger partial charge on any atom is 0.170 e. The van der Waals surface area contributed by atoms with Crippen LogP contribution in [0.1, 0.15) is 5.56 Å². The summed E-state index contributed by atoms with van der Waals surface area (Å²) in [7, 11) is 2.91. The summed E-state index contributed by atoms with van der Waals surface area (Å²) < 4.78 is 19.1. The minimum absolute atomic E-state index is 0.223. The summed E-state index contributed by atoms with van der Waals surface area (Å²) in [6.45, 7) is 0.278. The third-order valence-electron chi connectivity index (χ3n) is 1.76. The van der Waals surface area contributed by atoms with Crippen LogP contribution in [-0.4, -0.2) is 14.2 Å². The van der Waals surface area contributed by atoms with Gasteiger partial charge in [0.25, 0.3) is 0 Å². The van der Waals surface area contributed by atoms with Gasteiger partial charge in [-0.3, -0.25) is 0 Å². The van der Waals surface area contributed by atoms with E-state index in [0.29, 0.717) is 10.0 Å². The number of methoxy groups -OCH3 is 1. The van der Waals surface area contributed by atoms with Gasteiger partial charge >= 0.3 is 0 Å². The molecule has 0 spiro atoms. The molecule has 3 nitrogen and oxygen atoms in total. The second kappa shape index (κ2) is 5.29. The Bertz CT molecular complexity index is 320. The van der Waals surface area contributed by atoms with Crippen LogP contribution in [0.4, 0.5) is 4.39 Å². The van der Waals surface area contributed by atoms with E-state index in [1.807, 2.05) is 0 Å². The number of hydrogen-bond donors (Lipinski definition) is 1. The van der Waals surface area contributed by atoms with Crippen molar-refractivity contribution in [3.63, 3.8) is 0 Å². The first-order valence-corrected chi connectivity index (χ1v) is 4.76. The molecule has 0 unspecified atom stereocenters. The summed E-state index contributed by atoms with van der Waals surface area (Å²) in [5.74, 6) is -0.160. The zero-order chi connectivity index (χ0) is 10.6. The lowest BCUT2D eigenvalue weighted by Gasteiger charge is -2.09. The SMILES string of the molecule is CONCc1c(Br)ccc(OC)c1F. The minimum atomic E-state index is -0.383. The van der Waals surface area contributed by atoms with Gasteiger partial charge < -0.3 is 9.57 Å². The fourth-order valence-electron chi connectivity index (χ4n) is 1.04. The number of halogens is 2. The molecule has 0 atom stereocenters. The molecule has 14 heavy (non-hydrogen) atoms. The van der Waals surface area contributed by atoms with E-state index in [-0.39, 0.29) is 18.1 Å². The molecule has 0 saturated carbocycles. The van der Waals surface area contributed by atoms with Gasteiger partial charge in [0.1, 0.15) is 0 Å². The Hall–Kier alpha value is -0.650. The van der Waals surface area contributed by atoms with Crippen molar-refractivity contribution < 1.29 is 14.0 Å². The van der Waals surface area contributed by atoms with Crippen LogP contribution in [-0.2, 0) is 11.4 Å². The van der Waals surface area contributed by atoms with Crippen molar-refractivity contribution in [3.05, 3.63) is 28.0 Å². The van der Waals surface area contributed by atoms with Gasteiger partial charge in [-0.2, -0.15) is 5.48 Å². The molecule has 0 aliphatic rings. The lowest BCUT2D eigenvalue weighted by atomic mass is 10.2. The van der Waals surface area contributed by atoms with Crippen molar-refractivity contribution in [3.8, 4) is 5.75 Å². The topological polar surface area (TPSA) is 30.5 Å². The van der Waals surface area contributed by atoms with E-state index in [0.717, 1.165) is 0 Å². The first kappa shape index (κ1) is 11.4. The molecule has 1 aromatic carbocycles. The highest BCUT2D eigenvalue weighted by Crippen LogP contribution is 2.27. The van der Waals surface area contributed by atoms with Crippen molar-refractivity contribution in [2.45, 2.75) is 6.54 Å². The highest BCUT2D eigenvalue weighted by molar-refractivity contribution is 9.10. The van der Waals surface area contributed by atoms with Crippen LogP contribution in [0.3, 0.4) is 0 Å². The van der Waals surface area contributed by atoms with Gasteiger partial charge in [-0.05, 0) is 12.1 Å². The highest BCUT2D eigenvalue weighted by Gasteiger charge is 2.11. The monoisotopic (exact) mass is 263 g/mol. The summed E-state index contributed by atoms with van der Waals surface area (Å²) in [4.78, 5) is 4.65. The molecule has 0 heterocycles. The fourth-order valence-corrected chi connectivity index (χ4v) is 1.49. The third kappa shape index (κ3) is 2.43. The molecular weight excluding hydrogens is 253 g/mol. The molecule has 5 heteroatoms. The van der Waals surface area contributed by atoms with Gasteiger partial charge in [-0.25, -0.2) is 4.39 Å². The van der Waals surface area contributed by atoms with Gasteiger partial charge in [-0.15, -0.1) is 0 Å². The van der Waals surface area contributed by atoms with Gasteiger partial charge in [-0.1, -0.05) is 15.9 Å². The summed E-state index contributed by atoms with van der Waals surface area (Å²) in [6, 6.07) is 3.30. The number of nitrogens with one attached hydrogen (secondary N) is 1. The van der Waals surface area contributed by atoms with E-state index in [1.165, 1.54) is 14.2 Å². The predicted molar refractivity (Wildman–Crippen MR) is 54.5 cm³/mol. The normalized spacial score (nSPS) is 10.3. The Kier molecular flexibility index (Phi) is 4.31. The molecule has 0 amide bonds. The average molecular weight is 264 g/mol. The van der Waals surface area contributed by atoms with Crippen molar-refractivity contribution in [2.75, 3.05) is 14.2 Å². The molecular formula is C9H11BrFNO2. The summed E-state index contributed by atoms with van der Waals surface area (Å²) in [6.07, 6.45) is 0. The van der Waals surface area contributed by atoms with Gasteiger partial charge in [0.05, 0.1) is 20.8 Å². The Morgan fingerprint density at radius 3 is 2.71 bits per heavy atom. The van der Waals surface area contributed by atoms with Crippen LogP contribution in [0.15, 0.2) is 16.6 Å². The van der Waals surface area contributed by atoms with Gasteiger partial charge in [0.15, 0.2) is 11.6 Å². The molecule has 1 rings (SSSR count). The predicted octanol–water partition coefficient (Wildman–Crippen LogP) is 2.25. The van der Waals surface area contributed by atoms with Crippen LogP contribution in [0, 0.1) is 5.82 Å². The number of hydroxylamine groups is 1. The van der Waals surface area contributed by atoms with Gasteiger partial charge in [0, 0.05) is 10.0 Å². The summed E-state index contributed by atoms with van der Waals surface area (Å²) in [5, 5.41) is 0. The third-order valence-corrected chi connectivity index (χ3v) is 2.51. The highest BCUT2D eigenvalue weighted by atomic mass is 79.9. The van der Waals surface area contributed by atoms with Crippen molar-refractivity contribution in [1.82, 2.24) is 5.48 Å². The maximum atomic E-state index is 13.6. The zero-order valence-electron chi connectivity index (χ0n) is 7.93. The molecule has 0 bridgehead atoms. The average Bonchev–Trinajstić information content (AvgIpc) is 2.18. The van der Waals surface area contributed by atoms with Crippen LogP contribution < -0.4 is 10.2 Å². The zero-order valence-corrected chi connectivity index (χ0v) is 9.52. The standard InChI is InChI=1S/C9H11BrFNO2/c1-13-8-4-3-7(10)6(9(8)11)5-12-14-2/h3-4,12H,5H2,1-2H3. The molecule has 0 fully saturated rings. The fraction of sp³-hybridized carbons (Fsp3) is 0.333. The summed E-state index contributed by atoms with van der Waals surface area (Å²) >= 11 is 3.25. The number of benzene rings is 1. The van der Waals surface area contributed by atoms with E-state index < -0.39 is 0 Å². The second-order valence-corrected chi connectivity index (χ2v) is 3.42. The number of hydrogen-bond acceptors (Lipinski definition) is 3. The number of rotatable bonds is 4. The second-order valence-electron chi connectivity index (χ2n) is 2.57. The van der Waals surface area contributed by atoms with E-state index in [4.69, 9.17) is 4.74 Å². The molecule has 78 valence electrons. The van der Waals surface area contributed by atoms with Gasteiger partial charge in [0.2, 0.25) is 0 Å². The molecule has 0 aliphatic heterocycles. The van der Waals surface area contributed by atoms with E-state index in [2.05, 4.69) is 26.2 Å². The van der Waals surface area contributed by atoms with E-state index in [9.17, 15) is 4.39 Å². The van der Waals surface area contributed by atoms with Crippen LogP contribution in [0.2, 0.25) is 0 Å². The lowest BCUT2D eigenvalue weighted by Crippen LogP contribution is -2.13. The smallest absolute Gasteiger partial charge is 0.170 e. The Labute approximate surface area is 90.3 Å². The quantitative estimate of drug-likeness (QED) is 0.846. The van der Waals surface area contributed by atoms with E-state index >= 15 is 0 Å². The molecule has 1 aromatic rings. The molecule has 0 saturated heterocycles. The van der Waals surface area contributed by atoms with Crippen LogP contribution in [0.5, 0.6) is 5.75 Å². The maximum absolute atomic E-state index is 13.6. The van der Waals surface area contributed by atoms with Crippen LogP contribution in [0.25, 0.3) is 0 Å².